The third-order valence-electron chi connectivity index (χ3n) is 4.92. The number of carbonyl (C=O) groups is 2. The van der Waals surface area contributed by atoms with Crippen LogP contribution in [0.15, 0.2) is 0 Å². The van der Waals surface area contributed by atoms with Crippen molar-refractivity contribution < 1.29 is 9.59 Å². The molecule has 2 amide bonds. The average Bonchev–Trinajstić information content (AvgIpc) is 2.96. The van der Waals surface area contributed by atoms with Crippen molar-refractivity contribution in [3.05, 3.63) is 0 Å². The third-order valence-corrected chi connectivity index (χ3v) is 4.92. The summed E-state index contributed by atoms with van der Waals surface area (Å²) in [5.41, 5.74) is 5.95. The average molecular weight is 332 g/mol. The number of halogens is 1. The number of hydrogen-bond acceptors (Lipinski definition) is 3. The van der Waals surface area contributed by atoms with E-state index in [9.17, 15) is 9.59 Å². The van der Waals surface area contributed by atoms with Crippen molar-refractivity contribution in [2.45, 2.75) is 64.5 Å². The highest BCUT2D eigenvalue weighted by atomic mass is 35.5. The van der Waals surface area contributed by atoms with Gasteiger partial charge in [-0.25, -0.2) is 0 Å². The van der Waals surface area contributed by atoms with Crippen molar-refractivity contribution in [1.82, 2.24) is 9.80 Å². The standard InChI is InChI=1S/C16H29N3O2.ClH/c1-3-5-15(20)19-9-4-6-14(19)16(21)18-10-7-13(8-11-18)12(2)17;/h12-14H,3-11,17H2,1-2H3;1H. The number of amides is 2. The van der Waals surface area contributed by atoms with Gasteiger partial charge < -0.3 is 15.5 Å². The van der Waals surface area contributed by atoms with Gasteiger partial charge in [-0.2, -0.15) is 0 Å². The molecule has 6 heteroatoms. The lowest BCUT2D eigenvalue weighted by Gasteiger charge is -2.36. The first kappa shape index (κ1) is 19.2. The molecule has 2 N–H and O–H groups in total. The highest BCUT2D eigenvalue weighted by Gasteiger charge is 2.37. The second kappa shape index (κ2) is 8.73. The predicted molar refractivity (Wildman–Crippen MR) is 89.8 cm³/mol. The fraction of sp³-hybridized carbons (Fsp3) is 0.875. The van der Waals surface area contributed by atoms with Gasteiger partial charge in [0.15, 0.2) is 0 Å². The normalized spacial score (nSPS) is 24.0. The summed E-state index contributed by atoms with van der Waals surface area (Å²) in [5.74, 6) is 0.814. The van der Waals surface area contributed by atoms with E-state index >= 15 is 0 Å². The molecule has 0 spiro atoms. The molecule has 2 unspecified atom stereocenters. The molecule has 0 aromatic carbocycles. The van der Waals surface area contributed by atoms with Crippen LogP contribution in [-0.2, 0) is 9.59 Å². The molecule has 0 radical (unpaired) electrons. The first-order valence-corrected chi connectivity index (χ1v) is 8.38. The fourth-order valence-electron chi connectivity index (χ4n) is 3.54. The Bertz CT molecular complexity index is 382. The smallest absolute Gasteiger partial charge is 0.245 e. The van der Waals surface area contributed by atoms with E-state index in [1.807, 2.05) is 23.6 Å². The van der Waals surface area contributed by atoms with Crippen LogP contribution in [0.5, 0.6) is 0 Å². The Labute approximate surface area is 140 Å². The van der Waals surface area contributed by atoms with Crippen LogP contribution in [0, 0.1) is 5.92 Å². The van der Waals surface area contributed by atoms with Gasteiger partial charge in [-0.3, -0.25) is 9.59 Å². The molecule has 2 rings (SSSR count). The lowest BCUT2D eigenvalue weighted by molar-refractivity contribution is -0.144. The summed E-state index contributed by atoms with van der Waals surface area (Å²) in [5, 5.41) is 0. The minimum absolute atomic E-state index is 0. The van der Waals surface area contributed by atoms with Gasteiger partial charge in [0.2, 0.25) is 11.8 Å². The fourth-order valence-corrected chi connectivity index (χ4v) is 3.54. The molecule has 0 aliphatic carbocycles. The molecule has 2 aliphatic rings. The molecule has 2 heterocycles. The van der Waals surface area contributed by atoms with E-state index in [2.05, 4.69) is 0 Å². The summed E-state index contributed by atoms with van der Waals surface area (Å²) in [7, 11) is 0. The molecule has 128 valence electrons. The van der Waals surface area contributed by atoms with Crippen molar-refractivity contribution in [2.24, 2.45) is 11.7 Å². The second-order valence-electron chi connectivity index (χ2n) is 6.52. The molecular weight excluding hydrogens is 302 g/mol. The summed E-state index contributed by atoms with van der Waals surface area (Å²) in [4.78, 5) is 28.6. The maximum atomic E-state index is 12.7. The van der Waals surface area contributed by atoms with Crippen molar-refractivity contribution in [2.75, 3.05) is 19.6 Å². The SMILES string of the molecule is CCCC(=O)N1CCCC1C(=O)N1CCC(C(C)N)CC1.Cl. The van der Waals surface area contributed by atoms with E-state index in [4.69, 9.17) is 5.73 Å². The zero-order valence-corrected chi connectivity index (χ0v) is 14.6. The first-order valence-electron chi connectivity index (χ1n) is 8.38. The zero-order chi connectivity index (χ0) is 15.4. The van der Waals surface area contributed by atoms with E-state index in [1.165, 1.54) is 0 Å². The van der Waals surface area contributed by atoms with Crippen LogP contribution in [0.2, 0.25) is 0 Å². The van der Waals surface area contributed by atoms with Crippen molar-refractivity contribution in [1.29, 1.82) is 0 Å². The van der Waals surface area contributed by atoms with Crippen molar-refractivity contribution in [3.63, 3.8) is 0 Å². The lowest BCUT2D eigenvalue weighted by atomic mass is 9.90. The van der Waals surface area contributed by atoms with E-state index in [-0.39, 0.29) is 36.3 Å². The maximum absolute atomic E-state index is 12.7. The van der Waals surface area contributed by atoms with Gasteiger partial charge in [-0.1, -0.05) is 6.92 Å². The molecule has 2 aliphatic heterocycles. The molecular formula is C16H30ClN3O2. The molecule has 0 aromatic rings. The number of nitrogens with zero attached hydrogens (tertiary/aromatic N) is 2. The number of piperidine rings is 1. The quantitative estimate of drug-likeness (QED) is 0.854. The molecule has 2 atom stereocenters. The maximum Gasteiger partial charge on any atom is 0.245 e. The number of hydrogen-bond donors (Lipinski definition) is 1. The molecule has 0 saturated carbocycles. The minimum atomic E-state index is -0.212. The summed E-state index contributed by atoms with van der Waals surface area (Å²) in [6, 6.07) is -0.00716. The van der Waals surface area contributed by atoms with Gasteiger partial charge >= 0.3 is 0 Å². The van der Waals surface area contributed by atoms with E-state index in [0.29, 0.717) is 12.3 Å². The number of rotatable bonds is 4. The van der Waals surface area contributed by atoms with Crippen molar-refractivity contribution >= 4 is 24.2 Å². The van der Waals surface area contributed by atoms with Crippen LogP contribution < -0.4 is 5.73 Å². The van der Waals surface area contributed by atoms with E-state index < -0.39 is 0 Å². The number of likely N-dealkylation sites (tertiary alicyclic amines) is 2. The Balaban J connectivity index is 0.00000242. The Morgan fingerprint density at radius 1 is 1.18 bits per heavy atom. The topological polar surface area (TPSA) is 66.6 Å². The Hall–Kier alpha value is -0.810. The van der Waals surface area contributed by atoms with Crippen LogP contribution in [0.3, 0.4) is 0 Å². The lowest BCUT2D eigenvalue weighted by Crippen LogP contribution is -2.51. The number of carbonyl (C=O) groups excluding carboxylic acids is 2. The summed E-state index contributed by atoms with van der Waals surface area (Å²) < 4.78 is 0. The predicted octanol–water partition coefficient (Wildman–Crippen LogP) is 1.79. The highest BCUT2D eigenvalue weighted by Crippen LogP contribution is 2.25. The summed E-state index contributed by atoms with van der Waals surface area (Å²) >= 11 is 0. The summed E-state index contributed by atoms with van der Waals surface area (Å²) in [6.45, 7) is 6.37. The van der Waals surface area contributed by atoms with Crippen LogP contribution in [-0.4, -0.2) is 53.3 Å². The van der Waals surface area contributed by atoms with Crippen molar-refractivity contribution in [3.8, 4) is 0 Å². The van der Waals surface area contributed by atoms with E-state index in [0.717, 1.165) is 51.7 Å². The Morgan fingerprint density at radius 2 is 1.82 bits per heavy atom. The molecule has 2 fully saturated rings. The zero-order valence-electron chi connectivity index (χ0n) is 13.8. The molecule has 0 bridgehead atoms. The van der Waals surface area contributed by atoms with Crippen LogP contribution >= 0.6 is 12.4 Å². The second-order valence-corrected chi connectivity index (χ2v) is 6.52. The molecule has 0 aromatic heterocycles. The third kappa shape index (κ3) is 4.35. The molecule has 2 saturated heterocycles. The van der Waals surface area contributed by atoms with Crippen LogP contribution in [0.1, 0.15) is 52.4 Å². The van der Waals surface area contributed by atoms with Gasteiger partial charge in [0.05, 0.1) is 0 Å². The first-order chi connectivity index (χ1) is 10.0. The number of nitrogens with two attached hydrogens (primary N) is 1. The highest BCUT2D eigenvalue weighted by molar-refractivity contribution is 5.88. The van der Waals surface area contributed by atoms with Gasteiger partial charge in [-0.15, -0.1) is 12.4 Å². The monoisotopic (exact) mass is 331 g/mol. The summed E-state index contributed by atoms with van der Waals surface area (Å²) in [6.07, 6.45) is 5.13. The van der Waals surface area contributed by atoms with Gasteiger partial charge in [0.25, 0.3) is 0 Å². The van der Waals surface area contributed by atoms with E-state index in [1.54, 1.807) is 0 Å². The molecule has 5 nitrogen and oxygen atoms in total. The largest absolute Gasteiger partial charge is 0.341 e. The van der Waals surface area contributed by atoms with Crippen LogP contribution in [0.25, 0.3) is 0 Å². The van der Waals surface area contributed by atoms with Gasteiger partial charge in [0, 0.05) is 32.1 Å². The van der Waals surface area contributed by atoms with Crippen LogP contribution in [0.4, 0.5) is 0 Å². The van der Waals surface area contributed by atoms with Gasteiger partial charge in [0.1, 0.15) is 6.04 Å². The van der Waals surface area contributed by atoms with Gasteiger partial charge in [-0.05, 0) is 44.9 Å². The Morgan fingerprint density at radius 3 is 2.36 bits per heavy atom. The molecule has 22 heavy (non-hydrogen) atoms. The minimum Gasteiger partial charge on any atom is -0.341 e. The Kier molecular flexibility index (Phi) is 7.63.